The van der Waals surface area contributed by atoms with Crippen LogP contribution in [0.5, 0.6) is 11.5 Å². The molecule has 1 fully saturated rings. The first-order valence-electron chi connectivity index (χ1n) is 10.6. The second-order valence-electron chi connectivity index (χ2n) is 7.98. The van der Waals surface area contributed by atoms with E-state index in [0.717, 1.165) is 11.1 Å². The summed E-state index contributed by atoms with van der Waals surface area (Å²) in [4.78, 5) is 29.5. The first-order chi connectivity index (χ1) is 15.3. The highest BCUT2D eigenvalue weighted by Gasteiger charge is 2.45. The van der Waals surface area contributed by atoms with Crippen molar-refractivity contribution in [2.24, 2.45) is 0 Å². The summed E-state index contributed by atoms with van der Waals surface area (Å²) in [6, 6.07) is 11.7. The van der Waals surface area contributed by atoms with Gasteiger partial charge in [-0.25, -0.2) is 0 Å². The Bertz CT molecular complexity index is 1030. The number of benzene rings is 2. The third-order valence-electron chi connectivity index (χ3n) is 5.51. The van der Waals surface area contributed by atoms with Gasteiger partial charge in [-0.15, -0.1) is 0 Å². The predicted molar refractivity (Wildman–Crippen MR) is 123 cm³/mol. The number of aryl methyl sites for hydroxylation is 1. The number of Topliss-reactive ketones (excluding diaryl/α,β-unsaturated/α-hetero) is 1. The summed E-state index contributed by atoms with van der Waals surface area (Å²) >= 11 is 0. The van der Waals surface area contributed by atoms with E-state index >= 15 is 0 Å². The van der Waals surface area contributed by atoms with Gasteiger partial charge < -0.3 is 24.4 Å². The Hall–Kier alpha value is -3.32. The lowest BCUT2D eigenvalue weighted by Crippen LogP contribution is -2.35. The number of amides is 1. The number of carbonyl (C=O) groups excluding carboxylic acids is 2. The summed E-state index contributed by atoms with van der Waals surface area (Å²) in [5.41, 5.74) is 2.12. The van der Waals surface area contributed by atoms with E-state index in [-0.39, 0.29) is 11.3 Å². The second kappa shape index (κ2) is 9.87. The van der Waals surface area contributed by atoms with Gasteiger partial charge in [0.15, 0.2) is 0 Å². The Balaban J connectivity index is 2.12. The van der Waals surface area contributed by atoms with Gasteiger partial charge in [0.2, 0.25) is 0 Å². The molecule has 32 heavy (non-hydrogen) atoms. The van der Waals surface area contributed by atoms with Crippen LogP contribution in [0.3, 0.4) is 0 Å². The third kappa shape index (κ3) is 4.62. The normalized spacial score (nSPS) is 17.8. The average molecular weight is 439 g/mol. The molecule has 2 aromatic carbocycles. The molecular weight excluding hydrogens is 408 g/mol. The van der Waals surface area contributed by atoms with Gasteiger partial charge in [-0.3, -0.25) is 9.59 Å². The fourth-order valence-corrected chi connectivity index (χ4v) is 3.82. The van der Waals surface area contributed by atoms with Gasteiger partial charge in [0.1, 0.15) is 17.3 Å². The lowest BCUT2D eigenvalue weighted by molar-refractivity contribution is -0.140. The fraction of sp³-hybridized carbons (Fsp3) is 0.360. The van der Waals surface area contributed by atoms with Gasteiger partial charge in [0.25, 0.3) is 11.7 Å². The van der Waals surface area contributed by atoms with Crippen LogP contribution < -0.4 is 9.47 Å². The highest BCUT2D eigenvalue weighted by Crippen LogP contribution is 2.40. The van der Waals surface area contributed by atoms with Gasteiger partial charge in [-0.05, 0) is 69.4 Å². The average Bonchev–Trinajstić information content (AvgIpc) is 3.03. The van der Waals surface area contributed by atoms with E-state index in [1.165, 1.54) is 4.90 Å². The molecule has 0 aliphatic carbocycles. The van der Waals surface area contributed by atoms with Crippen LogP contribution in [0.15, 0.2) is 48.0 Å². The summed E-state index contributed by atoms with van der Waals surface area (Å²) in [7, 11) is 5.38. The number of methoxy groups -OCH3 is 1. The molecule has 3 rings (SSSR count). The predicted octanol–water partition coefficient (Wildman–Crippen LogP) is 3.39. The number of rotatable bonds is 8. The van der Waals surface area contributed by atoms with E-state index in [4.69, 9.17) is 9.47 Å². The first-order valence-corrected chi connectivity index (χ1v) is 10.6. The monoisotopic (exact) mass is 438 g/mol. The molecule has 1 aliphatic rings. The van der Waals surface area contributed by atoms with Crippen molar-refractivity contribution < 1.29 is 24.2 Å². The third-order valence-corrected chi connectivity index (χ3v) is 5.51. The minimum absolute atomic E-state index is 0.0856. The van der Waals surface area contributed by atoms with Crippen LogP contribution >= 0.6 is 0 Å². The number of hydrogen-bond donors (Lipinski definition) is 1. The molecule has 7 nitrogen and oxygen atoms in total. The quantitative estimate of drug-likeness (QED) is 0.387. The van der Waals surface area contributed by atoms with E-state index in [0.29, 0.717) is 36.8 Å². The largest absolute Gasteiger partial charge is 0.507 e. The molecule has 1 heterocycles. The Kier molecular flexibility index (Phi) is 7.20. The van der Waals surface area contributed by atoms with Crippen molar-refractivity contribution in [1.29, 1.82) is 0 Å². The number of carbonyl (C=O) groups is 2. The van der Waals surface area contributed by atoms with E-state index in [9.17, 15) is 14.7 Å². The Morgan fingerprint density at radius 1 is 1.12 bits per heavy atom. The van der Waals surface area contributed by atoms with Crippen molar-refractivity contribution in [2.45, 2.75) is 19.9 Å². The molecule has 1 N–H and O–H groups in total. The van der Waals surface area contributed by atoms with Gasteiger partial charge in [0.05, 0.1) is 25.3 Å². The molecule has 1 saturated heterocycles. The summed E-state index contributed by atoms with van der Waals surface area (Å²) in [6.07, 6.45) is 0. The maximum Gasteiger partial charge on any atom is 0.295 e. The topological polar surface area (TPSA) is 79.3 Å². The van der Waals surface area contributed by atoms with Crippen molar-refractivity contribution in [3.63, 3.8) is 0 Å². The van der Waals surface area contributed by atoms with Crippen LogP contribution in [0.4, 0.5) is 0 Å². The summed E-state index contributed by atoms with van der Waals surface area (Å²) in [5.74, 6) is -0.114. The van der Waals surface area contributed by atoms with Crippen molar-refractivity contribution in [2.75, 3.05) is 40.9 Å². The smallest absolute Gasteiger partial charge is 0.295 e. The maximum atomic E-state index is 13.1. The molecule has 0 spiro atoms. The number of nitrogens with zero attached hydrogens (tertiary/aromatic N) is 2. The zero-order valence-corrected chi connectivity index (χ0v) is 19.2. The molecule has 0 saturated carbocycles. The number of ketones is 1. The molecule has 1 aliphatic heterocycles. The minimum Gasteiger partial charge on any atom is -0.507 e. The van der Waals surface area contributed by atoms with E-state index in [1.54, 1.807) is 37.4 Å². The van der Waals surface area contributed by atoms with Gasteiger partial charge in [-0.1, -0.05) is 12.1 Å². The second-order valence-corrected chi connectivity index (χ2v) is 7.98. The van der Waals surface area contributed by atoms with Crippen LogP contribution in [0.2, 0.25) is 0 Å². The standard InChI is InChI=1S/C25H30N2O5/c1-6-32-20-12-9-18(15-16(20)2)23(28)21-22(17-7-10-19(31-5)11-8-17)27(14-13-26(3)4)25(30)24(21)29/h7-12,15,22,28H,6,13-14H2,1-5H3/b23-21+. The van der Waals surface area contributed by atoms with Crippen LogP contribution in [-0.4, -0.2) is 67.5 Å². The van der Waals surface area contributed by atoms with Crippen molar-refractivity contribution in [1.82, 2.24) is 9.80 Å². The van der Waals surface area contributed by atoms with Crippen LogP contribution in [-0.2, 0) is 9.59 Å². The zero-order chi connectivity index (χ0) is 23.4. The maximum absolute atomic E-state index is 13.1. The number of ether oxygens (including phenoxy) is 2. The van der Waals surface area contributed by atoms with Crippen molar-refractivity contribution >= 4 is 17.4 Å². The van der Waals surface area contributed by atoms with E-state index < -0.39 is 17.7 Å². The molecule has 2 aromatic rings. The highest BCUT2D eigenvalue weighted by atomic mass is 16.5. The Labute approximate surface area is 188 Å². The summed E-state index contributed by atoms with van der Waals surface area (Å²) in [6.45, 7) is 5.24. The molecular formula is C25H30N2O5. The fourth-order valence-electron chi connectivity index (χ4n) is 3.82. The van der Waals surface area contributed by atoms with E-state index in [2.05, 4.69) is 0 Å². The molecule has 0 radical (unpaired) electrons. The van der Waals surface area contributed by atoms with E-state index in [1.807, 2.05) is 45.0 Å². The molecule has 1 unspecified atom stereocenters. The lowest BCUT2D eigenvalue weighted by Gasteiger charge is -2.26. The Morgan fingerprint density at radius 3 is 2.38 bits per heavy atom. The van der Waals surface area contributed by atoms with Gasteiger partial charge >= 0.3 is 0 Å². The first kappa shape index (κ1) is 23.3. The number of aliphatic hydroxyl groups excluding tert-OH is 1. The van der Waals surface area contributed by atoms with Crippen LogP contribution in [0.1, 0.15) is 29.7 Å². The molecule has 7 heteroatoms. The molecule has 1 amide bonds. The molecule has 170 valence electrons. The zero-order valence-electron chi connectivity index (χ0n) is 19.2. The number of likely N-dealkylation sites (N-methyl/N-ethyl adjacent to an activating group) is 1. The SMILES string of the molecule is CCOc1ccc(/C(O)=C2\C(=O)C(=O)N(CCN(C)C)C2c2ccc(OC)cc2)cc1C. The summed E-state index contributed by atoms with van der Waals surface area (Å²) < 4.78 is 10.8. The summed E-state index contributed by atoms with van der Waals surface area (Å²) in [5, 5.41) is 11.2. The molecule has 0 aromatic heterocycles. The van der Waals surface area contributed by atoms with Crippen molar-refractivity contribution in [3.05, 3.63) is 64.7 Å². The van der Waals surface area contributed by atoms with Gasteiger partial charge in [0, 0.05) is 18.7 Å². The number of aliphatic hydroxyl groups is 1. The molecule has 0 bridgehead atoms. The van der Waals surface area contributed by atoms with Crippen LogP contribution in [0, 0.1) is 6.92 Å². The number of likely N-dealkylation sites (tertiary alicyclic amines) is 1. The minimum atomic E-state index is -0.687. The van der Waals surface area contributed by atoms with Crippen LogP contribution in [0.25, 0.3) is 5.76 Å². The number of hydrogen-bond acceptors (Lipinski definition) is 6. The lowest BCUT2D eigenvalue weighted by atomic mass is 9.94. The highest BCUT2D eigenvalue weighted by molar-refractivity contribution is 6.46. The van der Waals surface area contributed by atoms with Crippen molar-refractivity contribution in [3.8, 4) is 11.5 Å². The van der Waals surface area contributed by atoms with Gasteiger partial charge in [-0.2, -0.15) is 0 Å². The molecule has 1 atom stereocenters. The Morgan fingerprint density at radius 2 is 1.81 bits per heavy atom.